The van der Waals surface area contributed by atoms with Gasteiger partial charge in [-0.3, -0.25) is 9.59 Å². The Kier molecular flexibility index (Phi) is 40.9. The van der Waals surface area contributed by atoms with Gasteiger partial charge in [0.25, 0.3) is 0 Å². The molecule has 320 valence electrons. The molecule has 0 aliphatic rings. The molecule has 0 bridgehead atoms. The van der Waals surface area contributed by atoms with Gasteiger partial charge in [-0.15, -0.1) is 0 Å². The lowest BCUT2D eigenvalue weighted by Crippen LogP contribution is -2.40. The highest BCUT2D eigenvalue weighted by molar-refractivity contribution is 5.83. The SMILES string of the molecule is CCCC/C=C\C/C=C\CCCCCCCC(=O)OC(CCCCC/C=C\CCCCCCCCCC)CCCCCCCC(=O)NC(CCCN)C(=O)O. The van der Waals surface area contributed by atoms with E-state index in [-0.39, 0.29) is 18.0 Å². The van der Waals surface area contributed by atoms with Crippen LogP contribution in [0.1, 0.15) is 232 Å². The summed E-state index contributed by atoms with van der Waals surface area (Å²) in [5.74, 6) is -1.25. The van der Waals surface area contributed by atoms with E-state index in [0.717, 1.165) is 89.9 Å². The van der Waals surface area contributed by atoms with Gasteiger partial charge in [0, 0.05) is 12.8 Å². The van der Waals surface area contributed by atoms with Crippen molar-refractivity contribution in [3.63, 3.8) is 0 Å². The van der Waals surface area contributed by atoms with E-state index < -0.39 is 12.0 Å². The average molecular weight is 773 g/mol. The number of aliphatic carboxylic acids is 1. The Morgan fingerprint density at radius 3 is 1.49 bits per heavy atom. The summed E-state index contributed by atoms with van der Waals surface area (Å²) in [6, 6.07) is -0.859. The van der Waals surface area contributed by atoms with Gasteiger partial charge < -0.3 is 20.9 Å². The number of hydrogen-bond acceptors (Lipinski definition) is 5. The fourth-order valence-corrected chi connectivity index (χ4v) is 6.87. The molecule has 0 aromatic carbocycles. The fraction of sp³-hybridized carbons (Fsp3) is 0.812. The number of rotatable bonds is 42. The van der Waals surface area contributed by atoms with E-state index in [0.29, 0.717) is 32.2 Å². The van der Waals surface area contributed by atoms with Crippen LogP contribution in [0, 0.1) is 0 Å². The second-order valence-corrected chi connectivity index (χ2v) is 15.8. The van der Waals surface area contributed by atoms with Gasteiger partial charge in [-0.1, -0.05) is 153 Å². The minimum Gasteiger partial charge on any atom is -0.480 e. The maximum atomic E-state index is 12.8. The molecule has 0 aromatic heterocycles. The first-order valence-electron chi connectivity index (χ1n) is 23.3. The first kappa shape index (κ1) is 52.6. The number of carboxylic acid groups (broad SMARTS) is 1. The number of allylic oxidation sites excluding steroid dienone is 6. The second kappa shape index (κ2) is 42.7. The Labute approximate surface area is 339 Å². The van der Waals surface area contributed by atoms with Crippen molar-refractivity contribution in [2.75, 3.05) is 6.54 Å². The largest absolute Gasteiger partial charge is 0.480 e. The molecule has 4 N–H and O–H groups in total. The first-order chi connectivity index (χ1) is 26.9. The van der Waals surface area contributed by atoms with Crippen molar-refractivity contribution in [1.29, 1.82) is 0 Å². The van der Waals surface area contributed by atoms with Crippen LogP contribution in [0.5, 0.6) is 0 Å². The molecular formula is C48H88N2O5. The molecule has 0 radical (unpaired) electrons. The van der Waals surface area contributed by atoms with Gasteiger partial charge in [0.2, 0.25) is 5.91 Å². The van der Waals surface area contributed by atoms with Crippen LogP contribution in [0.3, 0.4) is 0 Å². The monoisotopic (exact) mass is 773 g/mol. The molecule has 0 rings (SSSR count). The molecule has 0 saturated carbocycles. The highest BCUT2D eigenvalue weighted by Gasteiger charge is 2.19. The molecular weight excluding hydrogens is 685 g/mol. The highest BCUT2D eigenvalue weighted by Crippen LogP contribution is 2.18. The van der Waals surface area contributed by atoms with Crippen LogP contribution in [-0.2, 0) is 19.1 Å². The maximum absolute atomic E-state index is 12.8. The van der Waals surface area contributed by atoms with E-state index in [9.17, 15) is 19.5 Å². The van der Waals surface area contributed by atoms with Crippen molar-refractivity contribution in [3.8, 4) is 0 Å². The van der Waals surface area contributed by atoms with Crippen molar-refractivity contribution < 1.29 is 24.2 Å². The summed E-state index contributed by atoms with van der Waals surface area (Å²) >= 11 is 0. The smallest absolute Gasteiger partial charge is 0.326 e. The van der Waals surface area contributed by atoms with Gasteiger partial charge in [0.1, 0.15) is 12.1 Å². The number of ether oxygens (including phenoxy) is 1. The Morgan fingerprint density at radius 2 is 0.964 bits per heavy atom. The Hall–Kier alpha value is -2.41. The van der Waals surface area contributed by atoms with E-state index in [1.54, 1.807) is 0 Å². The molecule has 0 heterocycles. The predicted molar refractivity (Wildman–Crippen MR) is 234 cm³/mol. The molecule has 7 nitrogen and oxygen atoms in total. The number of nitrogens with one attached hydrogen (secondary N) is 1. The molecule has 0 aromatic rings. The number of amides is 1. The molecule has 55 heavy (non-hydrogen) atoms. The van der Waals surface area contributed by atoms with Crippen molar-refractivity contribution in [1.82, 2.24) is 5.32 Å². The zero-order chi connectivity index (χ0) is 40.3. The Balaban J connectivity index is 4.38. The number of hydrogen-bond donors (Lipinski definition) is 3. The molecule has 0 fully saturated rings. The molecule has 2 atom stereocenters. The lowest BCUT2D eigenvalue weighted by atomic mass is 10.0. The van der Waals surface area contributed by atoms with Crippen LogP contribution in [0.25, 0.3) is 0 Å². The topological polar surface area (TPSA) is 119 Å². The third kappa shape index (κ3) is 39.6. The minimum atomic E-state index is -1.01. The van der Waals surface area contributed by atoms with Gasteiger partial charge in [-0.2, -0.15) is 0 Å². The highest BCUT2D eigenvalue weighted by atomic mass is 16.5. The standard InChI is InChI=1S/C48H88N2O5/c1-3-5-7-9-11-13-15-17-19-20-22-24-26-29-33-38-44(39-34-30-28-31-35-41-46(51)50-45(48(53)54)40-37-43-49)55-47(52)42-36-32-27-25-23-21-18-16-14-12-10-8-6-4-2/h10,12,16,18,20,22,44-45H,3-9,11,13-15,17,19,21,23-43,49H2,1-2H3,(H,50,51)(H,53,54)/b12-10-,18-16-,22-20-. The first-order valence-corrected chi connectivity index (χ1v) is 23.3. The van der Waals surface area contributed by atoms with E-state index in [1.165, 1.54) is 103 Å². The van der Waals surface area contributed by atoms with Gasteiger partial charge in [-0.25, -0.2) is 4.79 Å². The van der Waals surface area contributed by atoms with Crippen molar-refractivity contribution >= 4 is 17.8 Å². The van der Waals surface area contributed by atoms with Crippen LogP contribution in [-0.4, -0.2) is 41.6 Å². The maximum Gasteiger partial charge on any atom is 0.326 e. The Bertz CT molecular complexity index is 962. The summed E-state index contributed by atoms with van der Waals surface area (Å²) < 4.78 is 6.05. The summed E-state index contributed by atoms with van der Waals surface area (Å²) in [6.07, 6.45) is 50.4. The number of carbonyl (C=O) groups is 3. The van der Waals surface area contributed by atoms with E-state index >= 15 is 0 Å². The van der Waals surface area contributed by atoms with Crippen molar-refractivity contribution in [2.45, 2.75) is 244 Å². The third-order valence-corrected chi connectivity index (χ3v) is 10.4. The molecule has 7 heteroatoms. The summed E-state index contributed by atoms with van der Waals surface area (Å²) in [4.78, 5) is 36.4. The normalized spacial score (nSPS) is 12.9. The molecule has 0 spiro atoms. The van der Waals surface area contributed by atoms with Crippen LogP contribution in [0.15, 0.2) is 36.5 Å². The third-order valence-electron chi connectivity index (χ3n) is 10.4. The molecule has 0 aliphatic heterocycles. The van der Waals surface area contributed by atoms with Crippen LogP contribution in [0.2, 0.25) is 0 Å². The quantitative estimate of drug-likeness (QED) is 0.0323. The van der Waals surface area contributed by atoms with Crippen molar-refractivity contribution in [2.24, 2.45) is 5.73 Å². The van der Waals surface area contributed by atoms with E-state index in [2.05, 4.69) is 55.6 Å². The molecule has 0 aliphatic carbocycles. The van der Waals surface area contributed by atoms with E-state index in [4.69, 9.17) is 10.5 Å². The summed E-state index contributed by atoms with van der Waals surface area (Å²) in [5, 5.41) is 12.0. The van der Waals surface area contributed by atoms with Gasteiger partial charge in [0.05, 0.1) is 0 Å². The zero-order valence-electron chi connectivity index (χ0n) is 36.0. The fourth-order valence-electron chi connectivity index (χ4n) is 6.87. The minimum absolute atomic E-state index is 0.00876. The Morgan fingerprint density at radius 1 is 0.527 bits per heavy atom. The number of unbranched alkanes of at least 4 members (excludes halogenated alkanes) is 22. The van der Waals surface area contributed by atoms with Gasteiger partial charge in [-0.05, 0) is 109 Å². The number of nitrogens with two attached hydrogens (primary N) is 1. The number of carboxylic acids is 1. The average Bonchev–Trinajstić information content (AvgIpc) is 3.17. The molecule has 2 unspecified atom stereocenters. The van der Waals surface area contributed by atoms with Gasteiger partial charge in [0.15, 0.2) is 0 Å². The predicted octanol–water partition coefficient (Wildman–Crippen LogP) is 13.4. The lowest BCUT2D eigenvalue weighted by Gasteiger charge is -2.18. The molecule has 0 saturated heterocycles. The van der Waals surface area contributed by atoms with E-state index in [1.807, 2.05) is 0 Å². The molecule has 1 amide bonds. The van der Waals surface area contributed by atoms with Crippen LogP contribution >= 0.6 is 0 Å². The zero-order valence-corrected chi connectivity index (χ0v) is 36.0. The summed E-state index contributed by atoms with van der Waals surface area (Å²) in [7, 11) is 0. The van der Waals surface area contributed by atoms with Gasteiger partial charge >= 0.3 is 11.9 Å². The summed E-state index contributed by atoms with van der Waals surface area (Å²) in [6.45, 7) is 4.91. The number of esters is 1. The van der Waals surface area contributed by atoms with Crippen LogP contribution in [0.4, 0.5) is 0 Å². The lowest BCUT2D eigenvalue weighted by molar-refractivity contribution is -0.150. The second-order valence-electron chi connectivity index (χ2n) is 15.8. The van der Waals surface area contributed by atoms with Crippen molar-refractivity contribution in [3.05, 3.63) is 36.5 Å². The van der Waals surface area contributed by atoms with Crippen LogP contribution < -0.4 is 11.1 Å². The summed E-state index contributed by atoms with van der Waals surface area (Å²) in [5.41, 5.74) is 5.49. The number of carbonyl (C=O) groups excluding carboxylic acids is 2.